The van der Waals surface area contributed by atoms with Crippen LogP contribution < -0.4 is 11.2 Å². The number of carbonyl (C=O) groups excluding carboxylic acids is 1. The van der Waals surface area contributed by atoms with Gasteiger partial charge in [0.15, 0.2) is 0 Å². The fourth-order valence-electron chi connectivity index (χ4n) is 1.61. The fourth-order valence-corrected chi connectivity index (χ4v) is 1.61. The van der Waals surface area contributed by atoms with Gasteiger partial charge in [0.2, 0.25) is 5.91 Å². The molecule has 1 amide bonds. The summed E-state index contributed by atoms with van der Waals surface area (Å²) < 4.78 is 0. The summed E-state index contributed by atoms with van der Waals surface area (Å²) in [5.41, 5.74) is 9.06. The number of carbonyl (C=O) groups is 1. The number of amides is 1. The molecule has 0 aromatic carbocycles. The summed E-state index contributed by atoms with van der Waals surface area (Å²) in [6.07, 6.45) is 1.44. The lowest BCUT2D eigenvalue weighted by Crippen LogP contribution is -2.43. The van der Waals surface area contributed by atoms with Gasteiger partial charge in [0, 0.05) is 25.0 Å². The van der Waals surface area contributed by atoms with E-state index in [2.05, 4.69) is 26.2 Å². The third-order valence-corrected chi connectivity index (χ3v) is 2.84. The van der Waals surface area contributed by atoms with Crippen molar-refractivity contribution in [3.8, 4) is 0 Å². The van der Waals surface area contributed by atoms with Crippen LogP contribution in [-0.4, -0.2) is 29.5 Å². The van der Waals surface area contributed by atoms with Crippen LogP contribution in [0.5, 0.6) is 0 Å². The lowest BCUT2D eigenvalue weighted by molar-refractivity contribution is -0.129. The van der Waals surface area contributed by atoms with Crippen molar-refractivity contribution in [2.45, 2.75) is 52.6 Å². The minimum absolute atomic E-state index is 0.124. The average Bonchev–Trinajstić information content (AvgIpc) is 2.42. The van der Waals surface area contributed by atoms with E-state index < -0.39 is 0 Å². The minimum atomic E-state index is 0.124. The minimum Gasteiger partial charge on any atom is -0.328 e. The van der Waals surface area contributed by atoms with Crippen LogP contribution in [0.25, 0.3) is 0 Å². The van der Waals surface area contributed by atoms with Gasteiger partial charge < -0.3 is 5.73 Å². The van der Waals surface area contributed by atoms with Crippen LogP contribution in [0.4, 0.5) is 0 Å². The molecule has 0 saturated carbocycles. The maximum atomic E-state index is 11.7. The van der Waals surface area contributed by atoms with Crippen molar-refractivity contribution < 1.29 is 4.79 Å². The Bertz CT molecular complexity index is 232. The van der Waals surface area contributed by atoms with Gasteiger partial charge in [-0.05, 0) is 18.8 Å². The largest absolute Gasteiger partial charge is 0.328 e. The summed E-state index contributed by atoms with van der Waals surface area (Å²) in [4.78, 5) is 11.7. The Labute approximate surface area is 92.2 Å². The van der Waals surface area contributed by atoms with Crippen LogP contribution in [0.1, 0.15) is 40.5 Å². The smallest absolute Gasteiger partial charge is 0.238 e. The normalized spacial score (nSPS) is 24.7. The molecule has 0 aliphatic carbocycles. The van der Waals surface area contributed by atoms with E-state index in [9.17, 15) is 4.79 Å². The maximum absolute atomic E-state index is 11.7. The van der Waals surface area contributed by atoms with Crippen LogP contribution in [0.2, 0.25) is 0 Å². The van der Waals surface area contributed by atoms with Gasteiger partial charge in [0.25, 0.3) is 0 Å². The van der Waals surface area contributed by atoms with Gasteiger partial charge in [-0.2, -0.15) is 0 Å². The second-order valence-electron chi connectivity index (χ2n) is 5.56. The number of hydrogen-bond acceptors (Lipinski definition) is 3. The molecule has 1 aliphatic heterocycles. The highest BCUT2D eigenvalue weighted by molar-refractivity contribution is 5.78. The number of nitrogens with two attached hydrogens (primary N) is 1. The van der Waals surface area contributed by atoms with E-state index in [1.165, 1.54) is 0 Å². The number of rotatable bonds is 3. The third-order valence-electron chi connectivity index (χ3n) is 2.84. The SMILES string of the molecule is CC(N)CCN1NC(C(C)(C)C)CC1=O. The molecule has 4 heteroatoms. The Morgan fingerprint density at radius 2 is 2.20 bits per heavy atom. The third kappa shape index (κ3) is 3.47. The van der Waals surface area contributed by atoms with E-state index in [-0.39, 0.29) is 23.4 Å². The maximum Gasteiger partial charge on any atom is 0.238 e. The van der Waals surface area contributed by atoms with Gasteiger partial charge in [-0.3, -0.25) is 9.80 Å². The van der Waals surface area contributed by atoms with E-state index in [1.807, 2.05) is 6.92 Å². The summed E-state index contributed by atoms with van der Waals surface area (Å²) in [5, 5.41) is 1.72. The van der Waals surface area contributed by atoms with E-state index in [0.717, 1.165) is 6.42 Å². The Hall–Kier alpha value is -0.610. The van der Waals surface area contributed by atoms with Crippen LogP contribution >= 0.6 is 0 Å². The first-order valence-electron chi connectivity index (χ1n) is 5.63. The molecule has 0 radical (unpaired) electrons. The van der Waals surface area contributed by atoms with E-state index in [0.29, 0.717) is 13.0 Å². The molecule has 4 nitrogen and oxygen atoms in total. The molecule has 88 valence electrons. The zero-order valence-corrected chi connectivity index (χ0v) is 10.2. The molecule has 1 aliphatic rings. The van der Waals surface area contributed by atoms with Gasteiger partial charge in [-0.25, -0.2) is 5.43 Å². The topological polar surface area (TPSA) is 58.4 Å². The molecule has 0 aromatic rings. The Kier molecular flexibility index (Phi) is 3.73. The highest BCUT2D eigenvalue weighted by Crippen LogP contribution is 2.26. The van der Waals surface area contributed by atoms with Crippen molar-refractivity contribution in [1.29, 1.82) is 0 Å². The molecule has 3 N–H and O–H groups in total. The number of hydrogen-bond donors (Lipinski definition) is 2. The lowest BCUT2D eigenvalue weighted by atomic mass is 9.86. The highest BCUT2D eigenvalue weighted by Gasteiger charge is 2.36. The summed E-state index contributed by atoms with van der Waals surface area (Å²) in [6, 6.07) is 0.395. The van der Waals surface area contributed by atoms with Gasteiger partial charge in [-0.15, -0.1) is 0 Å². The Balaban J connectivity index is 2.46. The molecular weight excluding hydrogens is 190 g/mol. The highest BCUT2D eigenvalue weighted by atomic mass is 16.2. The molecule has 2 unspecified atom stereocenters. The summed E-state index contributed by atoms with van der Waals surface area (Å²) >= 11 is 0. The zero-order chi connectivity index (χ0) is 11.6. The molecule has 0 spiro atoms. The molecule has 0 aromatic heterocycles. The Morgan fingerprint density at radius 1 is 1.60 bits per heavy atom. The quantitative estimate of drug-likeness (QED) is 0.731. The summed E-state index contributed by atoms with van der Waals surface area (Å²) in [6.45, 7) is 9.11. The molecule has 1 rings (SSSR count). The Morgan fingerprint density at radius 3 is 2.60 bits per heavy atom. The first-order chi connectivity index (χ1) is 6.80. The molecule has 1 heterocycles. The van der Waals surface area contributed by atoms with E-state index >= 15 is 0 Å². The van der Waals surface area contributed by atoms with Crippen molar-refractivity contribution in [2.75, 3.05) is 6.54 Å². The lowest BCUT2D eigenvalue weighted by Gasteiger charge is -2.27. The molecule has 1 saturated heterocycles. The summed E-state index contributed by atoms with van der Waals surface area (Å²) in [5.74, 6) is 0.190. The first kappa shape index (κ1) is 12.5. The number of hydrazine groups is 1. The van der Waals surface area contributed by atoms with Crippen molar-refractivity contribution in [3.05, 3.63) is 0 Å². The van der Waals surface area contributed by atoms with Crippen molar-refractivity contribution in [1.82, 2.24) is 10.4 Å². The van der Waals surface area contributed by atoms with Crippen molar-refractivity contribution >= 4 is 5.91 Å². The van der Waals surface area contributed by atoms with Crippen LogP contribution in [0.3, 0.4) is 0 Å². The second kappa shape index (κ2) is 4.49. The monoisotopic (exact) mass is 213 g/mol. The zero-order valence-electron chi connectivity index (χ0n) is 10.2. The van der Waals surface area contributed by atoms with Gasteiger partial charge in [0.1, 0.15) is 0 Å². The van der Waals surface area contributed by atoms with Crippen LogP contribution in [0, 0.1) is 5.41 Å². The first-order valence-corrected chi connectivity index (χ1v) is 5.63. The summed E-state index contributed by atoms with van der Waals surface area (Å²) in [7, 11) is 0. The van der Waals surface area contributed by atoms with E-state index in [4.69, 9.17) is 5.73 Å². The van der Waals surface area contributed by atoms with Gasteiger partial charge >= 0.3 is 0 Å². The standard InChI is InChI=1S/C11H23N3O/c1-8(12)5-6-14-10(15)7-9(13-14)11(2,3)4/h8-9,13H,5-7,12H2,1-4H3. The average molecular weight is 213 g/mol. The molecule has 15 heavy (non-hydrogen) atoms. The molecule has 0 bridgehead atoms. The van der Waals surface area contributed by atoms with Crippen molar-refractivity contribution in [2.24, 2.45) is 11.1 Å². The van der Waals surface area contributed by atoms with Gasteiger partial charge in [-0.1, -0.05) is 20.8 Å². The predicted octanol–water partition coefficient (Wildman–Crippen LogP) is 0.875. The van der Waals surface area contributed by atoms with Crippen LogP contribution in [0.15, 0.2) is 0 Å². The molecule has 1 fully saturated rings. The predicted molar refractivity (Wildman–Crippen MR) is 61.0 cm³/mol. The number of nitrogens with one attached hydrogen (secondary N) is 1. The van der Waals surface area contributed by atoms with E-state index in [1.54, 1.807) is 5.01 Å². The van der Waals surface area contributed by atoms with Crippen LogP contribution in [-0.2, 0) is 4.79 Å². The fraction of sp³-hybridized carbons (Fsp3) is 0.909. The molecular formula is C11H23N3O. The number of nitrogens with zero attached hydrogens (tertiary/aromatic N) is 1. The second-order valence-corrected chi connectivity index (χ2v) is 5.56. The van der Waals surface area contributed by atoms with Gasteiger partial charge in [0.05, 0.1) is 0 Å². The van der Waals surface area contributed by atoms with Crippen molar-refractivity contribution in [3.63, 3.8) is 0 Å². The molecule has 2 atom stereocenters.